The Balaban J connectivity index is 2.66. The number of carbonyl (C=O) groups is 1. The molecule has 18 heavy (non-hydrogen) atoms. The first-order valence-electron chi connectivity index (χ1n) is 5.12. The van der Waals surface area contributed by atoms with E-state index in [9.17, 15) is 13.2 Å². The molecule has 1 amide bonds. The summed E-state index contributed by atoms with van der Waals surface area (Å²) in [5.74, 6) is -0.750. The number of nitrogens with one attached hydrogen (secondary N) is 1. The molecule has 0 aliphatic carbocycles. The number of benzene rings is 1. The maximum absolute atomic E-state index is 11.5. The zero-order valence-corrected chi connectivity index (χ0v) is 10.4. The van der Waals surface area contributed by atoms with E-state index in [2.05, 4.69) is 11.9 Å². The fourth-order valence-corrected chi connectivity index (χ4v) is 1.86. The predicted octanol–water partition coefficient (Wildman–Crippen LogP) is 1.45. The first-order chi connectivity index (χ1) is 8.48. The highest BCUT2D eigenvalue weighted by atomic mass is 32.2. The average molecular weight is 264 g/mol. The van der Waals surface area contributed by atoms with Gasteiger partial charge in [0.15, 0.2) is 9.84 Å². The average Bonchev–Trinajstić information content (AvgIpc) is 2.37. The summed E-state index contributed by atoms with van der Waals surface area (Å²) in [4.78, 5) is 11.5. The number of nitriles is 1. The molecule has 0 unspecified atom stereocenters. The van der Waals surface area contributed by atoms with Crippen LogP contribution in [0.3, 0.4) is 0 Å². The molecular weight excluding hydrogens is 252 g/mol. The first-order valence-corrected chi connectivity index (χ1v) is 6.84. The van der Waals surface area contributed by atoms with Gasteiger partial charge in [-0.05, 0) is 12.1 Å². The lowest BCUT2D eigenvalue weighted by atomic mass is 10.2. The lowest BCUT2D eigenvalue weighted by Gasteiger charge is -2.06. The third kappa shape index (κ3) is 4.03. The van der Waals surface area contributed by atoms with Crippen LogP contribution in [0, 0.1) is 11.3 Å². The molecule has 0 saturated carbocycles. The van der Waals surface area contributed by atoms with E-state index in [-0.39, 0.29) is 12.2 Å². The molecule has 0 bridgehead atoms. The van der Waals surface area contributed by atoms with Crippen LogP contribution in [-0.2, 0) is 14.6 Å². The Bertz CT molecular complexity index is 600. The van der Waals surface area contributed by atoms with Crippen LogP contribution >= 0.6 is 0 Å². The van der Waals surface area contributed by atoms with Crippen LogP contribution in [0.4, 0.5) is 5.69 Å². The summed E-state index contributed by atoms with van der Waals surface area (Å²) < 4.78 is 22.3. The van der Waals surface area contributed by atoms with Crippen LogP contribution < -0.4 is 5.32 Å². The summed E-state index contributed by atoms with van der Waals surface area (Å²) in [6.07, 6.45) is -0.173. The van der Waals surface area contributed by atoms with Crippen molar-refractivity contribution < 1.29 is 13.2 Å². The maximum atomic E-state index is 11.5. The minimum Gasteiger partial charge on any atom is -0.325 e. The van der Waals surface area contributed by atoms with Gasteiger partial charge in [0, 0.05) is 11.8 Å². The molecule has 0 heterocycles. The highest BCUT2D eigenvalue weighted by Crippen LogP contribution is 2.13. The Morgan fingerprint density at radius 3 is 2.72 bits per heavy atom. The SMILES string of the molecule is C=CS(=O)(=O)CCC(=O)Nc1ccccc1C#N. The van der Waals surface area contributed by atoms with Gasteiger partial charge in [0.25, 0.3) is 0 Å². The Labute approximate surface area is 106 Å². The Morgan fingerprint density at radius 1 is 1.44 bits per heavy atom. The third-order valence-electron chi connectivity index (χ3n) is 2.19. The van der Waals surface area contributed by atoms with Crippen molar-refractivity contribution in [1.82, 2.24) is 0 Å². The standard InChI is InChI=1S/C12H12N2O3S/c1-2-18(16,17)8-7-12(15)14-11-6-4-3-5-10(11)9-13/h2-6H,1,7-8H2,(H,14,15). The van der Waals surface area contributed by atoms with E-state index in [0.717, 1.165) is 5.41 Å². The van der Waals surface area contributed by atoms with Crippen molar-refractivity contribution in [3.05, 3.63) is 41.8 Å². The number of amides is 1. The molecule has 0 aromatic heterocycles. The van der Waals surface area contributed by atoms with Gasteiger partial charge in [0.05, 0.1) is 17.0 Å². The largest absolute Gasteiger partial charge is 0.325 e. The van der Waals surface area contributed by atoms with E-state index in [1.54, 1.807) is 24.3 Å². The van der Waals surface area contributed by atoms with Crippen LogP contribution in [0.15, 0.2) is 36.3 Å². The molecule has 6 heteroatoms. The van der Waals surface area contributed by atoms with Crippen molar-refractivity contribution in [3.63, 3.8) is 0 Å². The molecule has 0 fully saturated rings. The molecule has 1 rings (SSSR count). The third-order valence-corrected chi connectivity index (χ3v) is 3.47. The second-order valence-corrected chi connectivity index (χ2v) is 5.56. The number of para-hydroxylation sites is 1. The molecule has 1 N–H and O–H groups in total. The van der Waals surface area contributed by atoms with Gasteiger partial charge in [-0.2, -0.15) is 5.26 Å². The monoisotopic (exact) mass is 264 g/mol. The van der Waals surface area contributed by atoms with Gasteiger partial charge in [-0.25, -0.2) is 8.42 Å². The quantitative estimate of drug-likeness (QED) is 0.871. The molecule has 1 aromatic rings. The van der Waals surface area contributed by atoms with Gasteiger partial charge < -0.3 is 5.32 Å². The van der Waals surface area contributed by atoms with Gasteiger partial charge in [-0.1, -0.05) is 18.7 Å². The summed E-state index contributed by atoms with van der Waals surface area (Å²) in [6.45, 7) is 3.16. The van der Waals surface area contributed by atoms with Crippen molar-refractivity contribution in [2.24, 2.45) is 0 Å². The topological polar surface area (TPSA) is 87.0 Å². The Morgan fingerprint density at radius 2 is 2.11 bits per heavy atom. The number of carbonyl (C=O) groups excluding carboxylic acids is 1. The summed E-state index contributed by atoms with van der Waals surface area (Å²) in [6, 6.07) is 8.44. The molecule has 5 nitrogen and oxygen atoms in total. The number of nitrogens with zero attached hydrogens (tertiary/aromatic N) is 1. The van der Waals surface area contributed by atoms with E-state index in [4.69, 9.17) is 5.26 Å². The van der Waals surface area contributed by atoms with E-state index >= 15 is 0 Å². The molecule has 1 aromatic carbocycles. The van der Waals surface area contributed by atoms with Crippen molar-refractivity contribution in [2.75, 3.05) is 11.1 Å². The van der Waals surface area contributed by atoms with Crippen LogP contribution in [-0.4, -0.2) is 20.1 Å². The van der Waals surface area contributed by atoms with Crippen molar-refractivity contribution in [3.8, 4) is 6.07 Å². The summed E-state index contributed by atoms with van der Waals surface area (Å²) in [5, 5.41) is 12.1. The van der Waals surface area contributed by atoms with Crippen molar-refractivity contribution in [1.29, 1.82) is 5.26 Å². The maximum Gasteiger partial charge on any atom is 0.225 e. The summed E-state index contributed by atoms with van der Waals surface area (Å²) >= 11 is 0. The second-order valence-electron chi connectivity index (χ2n) is 3.49. The minimum atomic E-state index is -3.38. The van der Waals surface area contributed by atoms with Gasteiger partial charge in [-0.3, -0.25) is 4.79 Å². The van der Waals surface area contributed by atoms with Crippen molar-refractivity contribution in [2.45, 2.75) is 6.42 Å². The van der Waals surface area contributed by atoms with E-state index in [1.807, 2.05) is 6.07 Å². The Hall–Kier alpha value is -2.13. The number of hydrogen-bond acceptors (Lipinski definition) is 4. The molecule has 0 saturated heterocycles. The van der Waals surface area contributed by atoms with E-state index < -0.39 is 15.7 Å². The fourth-order valence-electron chi connectivity index (χ4n) is 1.22. The first kappa shape index (κ1) is 13.9. The number of hydrogen-bond donors (Lipinski definition) is 1. The minimum absolute atomic E-state index is 0.173. The van der Waals surface area contributed by atoms with Gasteiger partial charge in [0.2, 0.25) is 5.91 Å². The highest BCUT2D eigenvalue weighted by molar-refractivity contribution is 7.94. The molecule has 0 aliphatic heterocycles. The summed E-state index contributed by atoms with van der Waals surface area (Å²) in [7, 11) is -3.38. The zero-order chi connectivity index (χ0) is 13.6. The lowest BCUT2D eigenvalue weighted by Crippen LogP contribution is -2.16. The molecule has 0 atom stereocenters. The molecule has 0 spiro atoms. The van der Waals surface area contributed by atoms with E-state index in [0.29, 0.717) is 11.3 Å². The normalized spacial score (nSPS) is 10.4. The second kappa shape index (κ2) is 5.98. The smallest absolute Gasteiger partial charge is 0.225 e. The number of anilines is 1. The van der Waals surface area contributed by atoms with Crippen LogP contribution in [0.1, 0.15) is 12.0 Å². The molecule has 94 valence electrons. The van der Waals surface area contributed by atoms with Gasteiger partial charge in [0.1, 0.15) is 6.07 Å². The van der Waals surface area contributed by atoms with E-state index in [1.165, 1.54) is 0 Å². The number of rotatable bonds is 5. The fraction of sp³-hybridized carbons (Fsp3) is 0.167. The zero-order valence-electron chi connectivity index (χ0n) is 9.59. The summed E-state index contributed by atoms with van der Waals surface area (Å²) in [5.41, 5.74) is 0.707. The molecular formula is C12H12N2O3S. The molecule has 0 aliphatic rings. The number of sulfone groups is 1. The Kier molecular flexibility index (Phi) is 4.63. The van der Waals surface area contributed by atoms with Crippen LogP contribution in [0.5, 0.6) is 0 Å². The van der Waals surface area contributed by atoms with Crippen LogP contribution in [0.2, 0.25) is 0 Å². The van der Waals surface area contributed by atoms with Gasteiger partial charge >= 0.3 is 0 Å². The molecule has 0 radical (unpaired) electrons. The van der Waals surface area contributed by atoms with Crippen LogP contribution in [0.25, 0.3) is 0 Å². The van der Waals surface area contributed by atoms with Gasteiger partial charge in [-0.15, -0.1) is 0 Å². The van der Waals surface area contributed by atoms with Crippen molar-refractivity contribution >= 4 is 21.4 Å². The lowest BCUT2D eigenvalue weighted by molar-refractivity contribution is -0.115. The predicted molar refractivity (Wildman–Crippen MR) is 68.4 cm³/mol. The highest BCUT2D eigenvalue weighted by Gasteiger charge is 2.11.